The summed E-state index contributed by atoms with van der Waals surface area (Å²) in [7, 11) is 1.38. The SMILES string of the molecule is CCCCCCCCCCCCCCCCCCCCCCCCCC(=O)O[C@H](COCCCCCCCCCCCCCCCCCCCCCC)COP(=O)([O-])OCC[N+](C)(C)C. The number of esters is 1. The summed E-state index contributed by atoms with van der Waals surface area (Å²) < 4.78 is 34.9. The first-order valence-electron chi connectivity index (χ1n) is 28.8. The highest BCUT2D eigenvalue weighted by molar-refractivity contribution is 7.45. The lowest BCUT2D eigenvalue weighted by molar-refractivity contribution is -0.870. The summed E-state index contributed by atoms with van der Waals surface area (Å²) in [6.07, 6.45) is 57.1. The second-order valence-electron chi connectivity index (χ2n) is 21.0. The van der Waals surface area contributed by atoms with Gasteiger partial charge in [-0.3, -0.25) is 9.36 Å². The maximum Gasteiger partial charge on any atom is 0.306 e. The molecule has 0 aliphatic carbocycles. The Morgan fingerprint density at radius 3 is 1.02 bits per heavy atom. The number of unbranched alkanes of at least 4 members (excludes halogenated alkanes) is 41. The molecule has 0 spiro atoms. The lowest BCUT2D eigenvalue weighted by atomic mass is 10.0. The maximum atomic E-state index is 12.8. The van der Waals surface area contributed by atoms with E-state index >= 15 is 0 Å². The van der Waals surface area contributed by atoms with Crippen molar-refractivity contribution in [2.45, 2.75) is 302 Å². The number of nitrogens with zero attached hydrogens (tertiary/aromatic N) is 1. The molecule has 0 bridgehead atoms. The van der Waals surface area contributed by atoms with Crippen LogP contribution in [0.1, 0.15) is 296 Å². The van der Waals surface area contributed by atoms with Gasteiger partial charge in [-0.2, -0.15) is 0 Å². The number of likely N-dealkylation sites (N-methyl/N-ethyl adjacent to an activating group) is 1. The molecule has 8 nitrogen and oxygen atoms in total. The van der Waals surface area contributed by atoms with Crippen molar-refractivity contribution in [1.82, 2.24) is 0 Å². The van der Waals surface area contributed by atoms with Crippen LogP contribution in [0.5, 0.6) is 0 Å². The smallest absolute Gasteiger partial charge is 0.306 e. The van der Waals surface area contributed by atoms with Crippen LogP contribution in [0.2, 0.25) is 0 Å². The Balaban J connectivity index is 4.01. The van der Waals surface area contributed by atoms with Crippen molar-refractivity contribution in [3.63, 3.8) is 0 Å². The summed E-state index contributed by atoms with van der Waals surface area (Å²) in [6.45, 7) is 5.51. The number of hydrogen-bond donors (Lipinski definition) is 0. The summed E-state index contributed by atoms with van der Waals surface area (Å²) in [5.41, 5.74) is 0. The number of phosphoric ester groups is 1. The molecule has 0 rings (SSSR count). The number of ether oxygens (including phenoxy) is 2. The molecule has 0 heterocycles. The van der Waals surface area contributed by atoms with E-state index in [0.29, 0.717) is 24.1 Å². The highest BCUT2D eigenvalue weighted by atomic mass is 31.2. The van der Waals surface area contributed by atoms with Gasteiger partial charge in [0.25, 0.3) is 7.82 Å². The van der Waals surface area contributed by atoms with Crippen molar-refractivity contribution in [3.8, 4) is 0 Å². The number of carbonyl (C=O) groups is 1. The highest BCUT2D eigenvalue weighted by Gasteiger charge is 2.20. The molecule has 65 heavy (non-hydrogen) atoms. The predicted molar refractivity (Wildman–Crippen MR) is 278 cm³/mol. The zero-order valence-corrected chi connectivity index (χ0v) is 45.4. The molecule has 0 fully saturated rings. The van der Waals surface area contributed by atoms with Crippen molar-refractivity contribution in [3.05, 3.63) is 0 Å². The summed E-state index contributed by atoms with van der Waals surface area (Å²) in [6, 6.07) is 0. The van der Waals surface area contributed by atoms with Crippen LogP contribution in [0.4, 0.5) is 0 Å². The van der Waals surface area contributed by atoms with Crippen molar-refractivity contribution < 1.29 is 37.3 Å². The van der Waals surface area contributed by atoms with Crippen LogP contribution < -0.4 is 4.89 Å². The second-order valence-corrected chi connectivity index (χ2v) is 22.4. The monoisotopic (exact) mass is 944 g/mol. The Morgan fingerprint density at radius 2 is 0.708 bits per heavy atom. The van der Waals surface area contributed by atoms with Crippen LogP contribution in [-0.2, 0) is 27.9 Å². The van der Waals surface area contributed by atoms with Gasteiger partial charge in [-0.15, -0.1) is 0 Å². The van der Waals surface area contributed by atoms with Crippen molar-refractivity contribution >= 4 is 13.8 Å². The third-order valence-corrected chi connectivity index (χ3v) is 14.1. The van der Waals surface area contributed by atoms with Gasteiger partial charge in [0, 0.05) is 13.0 Å². The van der Waals surface area contributed by atoms with Gasteiger partial charge in [-0.05, 0) is 12.8 Å². The third-order valence-electron chi connectivity index (χ3n) is 13.2. The van der Waals surface area contributed by atoms with E-state index in [1.807, 2.05) is 21.1 Å². The molecular formula is C56H114NO7P. The zero-order chi connectivity index (χ0) is 47.6. The number of rotatable bonds is 55. The van der Waals surface area contributed by atoms with Crippen LogP contribution in [-0.4, -0.2) is 70.7 Å². The zero-order valence-electron chi connectivity index (χ0n) is 44.5. The average Bonchev–Trinajstić information content (AvgIpc) is 3.27. The van der Waals surface area contributed by atoms with Crippen molar-refractivity contribution in [1.29, 1.82) is 0 Å². The Labute approximate surface area is 406 Å². The van der Waals surface area contributed by atoms with Gasteiger partial charge >= 0.3 is 5.97 Å². The summed E-state index contributed by atoms with van der Waals surface area (Å²) in [5, 5.41) is 0. The summed E-state index contributed by atoms with van der Waals surface area (Å²) in [4.78, 5) is 25.2. The first kappa shape index (κ1) is 64.5. The van der Waals surface area contributed by atoms with E-state index in [4.69, 9.17) is 18.5 Å². The minimum atomic E-state index is -4.53. The molecule has 0 saturated carbocycles. The standard InChI is InChI=1S/C56H114NO7P/c1-6-8-10-12-14-16-18-20-22-24-26-28-29-30-31-33-35-37-39-41-43-45-47-49-56(58)64-55(54-63-65(59,60)62-52-50-57(3,4)5)53-61-51-48-46-44-42-40-38-36-34-32-27-25-23-21-19-17-15-13-11-9-7-2/h55H,6-54H2,1-5H3/t55-/m1/s1. The van der Waals surface area contributed by atoms with E-state index in [1.165, 1.54) is 244 Å². The topological polar surface area (TPSA) is 94.1 Å². The third kappa shape index (κ3) is 54.3. The number of phosphoric acid groups is 1. The van der Waals surface area contributed by atoms with Gasteiger partial charge in [0.1, 0.15) is 19.3 Å². The van der Waals surface area contributed by atoms with E-state index < -0.39 is 13.9 Å². The van der Waals surface area contributed by atoms with Gasteiger partial charge in [0.15, 0.2) is 0 Å². The van der Waals surface area contributed by atoms with Crippen LogP contribution in [0, 0.1) is 0 Å². The van der Waals surface area contributed by atoms with E-state index in [2.05, 4.69) is 13.8 Å². The second kappa shape index (κ2) is 49.9. The molecule has 2 atom stereocenters. The first-order chi connectivity index (χ1) is 31.6. The molecule has 1 unspecified atom stereocenters. The lowest BCUT2D eigenvalue weighted by Crippen LogP contribution is -2.37. The van der Waals surface area contributed by atoms with Gasteiger partial charge in [-0.25, -0.2) is 0 Å². The van der Waals surface area contributed by atoms with Crippen LogP contribution in [0.15, 0.2) is 0 Å². The maximum absolute atomic E-state index is 12.8. The Morgan fingerprint density at radius 1 is 0.415 bits per heavy atom. The highest BCUT2D eigenvalue weighted by Crippen LogP contribution is 2.38. The molecule has 0 N–H and O–H groups in total. The number of carbonyl (C=O) groups excluding carboxylic acids is 1. The largest absolute Gasteiger partial charge is 0.756 e. The average molecular weight is 945 g/mol. The van der Waals surface area contributed by atoms with Crippen molar-refractivity contribution in [2.24, 2.45) is 0 Å². The van der Waals surface area contributed by atoms with Gasteiger partial charge in [-0.1, -0.05) is 277 Å². The van der Waals surface area contributed by atoms with Crippen molar-refractivity contribution in [2.75, 3.05) is 54.1 Å². The van der Waals surface area contributed by atoms with Gasteiger partial charge in [0.05, 0.1) is 34.4 Å². The Hall–Kier alpha value is -0.500. The fourth-order valence-electron chi connectivity index (χ4n) is 8.73. The summed E-state index contributed by atoms with van der Waals surface area (Å²) >= 11 is 0. The fraction of sp³-hybridized carbons (Fsp3) is 0.982. The summed E-state index contributed by atoms with van der Waals surface area (Å²) in [5.74, 6) is -0.323. The normalized spacial score (nSPS) is 13.4. The molecule has 0 aliphatic heterocycles. The quantitative estimate of drug-likeness (QED) is 0.0259. The van der Waals surface area contributed by atoms with Crippen LogP contribution in [0.3, 0.4) is 0 Å². The minimum absolute atomic E-state index is 0.0320. The predicted octanol–water partition coefficient (Wildman–Crippen LogP) is 17.3. The molecule has 9 heteroatoms. The Kier molecular flexibility index (Phi) is 49.5. The minimum Gasteiger partial charge on any atom is -0.756 e. The molecule has 0 amide bonds. The first-order valence-corrected chi connectivity index (χ1v) is 30.2. The molecule has 0 radical (unpaired) electrons. The van der Waals surface area contributed by atoms with Crippen LogP contribution in [0.25, 0.3) is 0 Å². The molecule has 0 aromatic heterocycles. The molecule has 0 aliphatic rings. The number of hydrogen-bond acceptors (Lipinski definition) is 7. The van der Waals surface area contributed by atoms with E-state index in [9.17, 15) is 14.3 Å². The van der Waals surface area contributed by atoms with E-state index in [1.54, 1.807) is 0 Å². The van der Waals surface area contributed by atoms with Gasteiger partial charge in [0.2, 0.25) is 0 Å². The lowest BCUT2D eigenvalue weighted by Gasteiger charge is -2.28. The molecule has 390 valence electrons. The van der Waals surface area contributed by atoms with E-state index in [-0.39, 0.29) is 25.8 Å². The number of quaternary nitrogens is 1. The molecular weight excluding hydrogens is 830 g/mol. The molecule has 0 saturated heterocycles. The molecule has 0 aromatic rings. The Bertz CT molecular complexity index is 1010. The van der Waals surface area contributed by atoms with E-state index in [0.717, 1.165) is 32.1 Å². The fourth-order valence-corrected chi connectivity index (χ4v) is 9.46. The van der Waals surface area contributed by atoms with Gasteiger partial charge < -0.3 is 27.9 Å². The van der Waals surface area contributed by atoms with Crippen LogP contribution >= 0.6 is 7.82 Å². The molecule has 0 aromatic carbocycles.